The molecule has 0 aromatic heterocycles. The number of nitrogens with two attached hydrogens (primary N) is 1. The molecule has 1 aliphatic carbocycles. The summed E-state index contributed by atoms with van der Waals surface area (Å²) in [6.45, 7) is 10.5. The van der Waals surface area contributed by atoms with Crippen LogP contribution in [0.4, 0.5) is 0 Å². The van der Waals surface area contributed by atoms with E-state index in [0.29, 0.717) is 11.0 Å². The van der Waals surface area contributed by atoms with E-state index in [1.54, 1.807) is 0 Å². The SMILES string of the molecule is CCC1(CC)CCN(C2(CN)CC(C)C2)CC1. The number of piperidine rings is 1. The highest BCUT2D eigenvalue weighted by atomic mass is 15.2. The zero-order chi connectivity index (χ0) is 12.5. The highest BCUT2D eigenvalue weighted by Crippen LogP contribution is 2.46. The Hall–Kier alpha value is -0.0800. The Kier molecular flexibility index (Phi) is 3.84. The van der Waals surface area contributed by atoms with E-state index in [0.717, 1.165) is 12.5 Å². The lowest BCUT2D eigenvalue weighted by atomic mass is 9.65. The molecule has 0 aromatic rings. The Morgan fingerprint density at radius 1 is 1.12 bits per heavy atom. The third-order valence-corrected chi connectivity index (χ3v) is 5.83. The fraction of sp³-hybridized carbons (Fsp3) is 1.00. The molecule has 2 aliphatic rings. The van der Waals surface area contributed by atoms with E-state index in [9.17, 15) is 0 Å². The minimum absolute atomic E-state index is 0.382. The average molecular weight is 238 g/mol. The molecule has 0 unspecified atom stereocenters. The first-order valence-electron chi connectivity index (χ1n) is 7.55. The van der Waals surface area contributed by atoms with Crippen LogP contribution in [0.5, 0.6) is 0 Å². The van der Waals surface area contributed by atoms with E-state index in [-0.39, 0.29) is 0 Å². The molecule has 2 nitrogen and oxygen atoms in total. The Morgan fingerprint density at radius 3 is 2.00 bits per heavy atom. The van der Waals surface area contributed by atoms with Crippen molar-refractivity contribution in [1.29, 1.82) is 0 Å². The molecule has 0 radical (unpaired) electrons. The van der Waals surface area contributed by atoms with Crippen molar-refractivity contribution in [3.8, 4) is 0 Å². The molecule has 1 saturated heterocycles. The van der Waals surface area contributed by atoms with Crippen molar-refractivity contribution in [3.63, 3.8) is 0 Å². The van der Waals surface area contributed by atoms with Crippen molar-refractivity contribution in [3.05, 3.63) is 0 Å². The lowest BCUT2D eigenvalue weighted by Gasteiger charge is -2.56. The number of rotatable bonds is 4. The molecule has 0 atom stereocenters. The molecule has 0 aromatic carbocycles. The van der Waals surface area contributed by atoms with Crippen LogP contribution in [0.3, 0.4) is 0 Å². The van der Waals surface area contributed by atoms with Gasteiger partial charge in [-0.15, -0.1) is 0 Å². The van der Waals surface area contributed by atoms with Gasteiger partial charge in [0.2, 0.25) is 0 Å². The Bertz CT molecular complexity index is 242. The van der Waals surface area contributed by atoms with E-state index < -0.39 is 0 Å². The van der Waals surface area contributed by atoms with E-state index in [2.05, 4.69) is 25.7 Å². The van der Waals surface area contributed by atoms with Gasteiger partial charge in [0, 0.05) is 12.1 Å². The first-order valence-corrected chi connectivity index (χ1v) is 7.55. The van der Waals surface area contributed by atoms with Crippen LogP contribution in [0, 0.1) is 11.3 Å². The number of hydrogen-bond acceptors (Lipinski definition) is 2. The minimum atomic E-state index is 0.382. The van der Waals surface area contributed by atoms with E-state index >= 15 is 0 Å². The second-order valence-electron chi connectivity index (χ2n) is 6.64. The van der Waals surface area contributed by atoms with Crippen LogP contribution in [-0.4, -0.2) is 30.1 Å². The fourth-order valence-electron chi connectivity index (χ4n) is 4.20. The zero-order valence-corrected chi connectivity index (χ0v) is 12.0. The van der Waals surface area contributed by atoms with Gasteiger partial charge in [-0.3, -0.25) is 4.90 Å². The molecule has 0 amide bonds. The van der Waals surface area contributed by atoms with E-state index in [1.165, 1.54) is 51.6 Å². The van der Waals surface area contributed by atoms with Gasteiger partial charge in [-0.25, -0.2) is 0 Å². The van der Waals surface area contributed by atoms with Gasteiger partial charge < -0.3 is 5.73 Å². The third-order valence-electron chi connectivity index (χ3n) is 5.83. The molecule has 1 aliphatic heterocycles. The minimum Gasteiger partial charge on any atom is -0.329 e. The smallest absolute Gasteiger partial charge is 0.0336 e. The summed E-state index contributed by atoms with van der Waals surface area (Å²) in [4.78, 5) is 2.72. The maximum absolute atomic E-state index is 6.05. The maximum atomic E-state index is 6.05. The van der Waals surface area contributed by atoms with Gasteiger partial charge in [-0.05, 0) is 50.1 Å². The molecular weight excluding hydrogens is 208 g/mol. The van der Waals surface area contributed by atoms with Crippen molar-refractivity contribution < 1.29 is 0 Å². The van der Waals surface area contributed by atoms with Crippen LogP contribution in [0.25, 0.3) is 0 Å². The van der Waals surface area contributed by atoms with Crippen molar-refractivity contribution in [2.75, 3.05) is 19.6 Å². The summed E-state index contributed by atoms with van der Waals surface area (Å²) in [6.07, 6.45) is 8.13. The normalized spacial score (nSPS) is 37.8. The Morgan fingerprint density at radius 2 is 1.65 bits per heavy atom. The van der Waals surface area contributed by atoms with Crippen LogP contribution in [-0.2, 0) is 0 Å². The van der Waals surface area contributed by atoms with Gasteiger partial charge in [-0.1, -0.05) is 33.6 Å². The first kappa shape index (κ1) is 13.4. The number of likely N-dealkylation sites (tertiary alicyclic amines) is 1. The second-order valence-corrected chi connectivity index (χ2v) is 6.64. The van der Waals surface area contributed by atoms with Crippen LogP contribution >= 0.6 is 0 Å². The highest BCUT2D eigenvalue weighted by Gasteiger charge is 2.47. The molecule has 2 fully saturated rings. The van der Waals surface area contributed by atoms with E-state index in [4.69, 9.17) is 5.73 Å². The molecular formula is C15H30N2. The predicted octanol–water partition coefficient (Wildman–Crippen LogP) is 3.02. The number of hydrogen-bond donors (Lipinski definition) is 1. The monoisotopic (exact) mass is 238 g/mol. The highest BCUT2D eigenvalue weighted by molar-refractivity contribution is 5.04. The van der Waals surface area contributed by atoms with Gasteiger partial charge in [-0.2, -0.15) is 0 Å². The summed E-state index contributed by atoms with van der Waals surface area (Å²) in [5.41, 5.74) is 7.08. The summed E-state index contributed by atoms with van der Waals surface area (Å²) in [6, 6.07) is 0. The lowest BCUT2D eigenvalue weighted by Crippen LogP contribution is -2.63. The fourth-order valence-corrected chi connectivity index (χ4v) is 4.20. The Labute approximate surface area is 107 Å². The van der Waals surface area contributed by atoms with Crippen molar-refractivity contribution in [2.24, 2.45) is 17.1 Å². The summed E-state index contributed by atoms with van der Waals surface area (Å²) in [5, 5.41) is 0. The van der Waals surface area contributed by atoms with Gasteiger partial charge in [0.15, 0.2) is 0 Å². The molecule has 2 rings (SSSR count). The average Bonchev–Trinajstić information content (AvgIpc) is 2.35. The van der Waals surface area contributed by atoms with Crippen molar-refractivity contribution in [1.82, 2.24) is 4.90 Å². The summed E-state index contributed by atoms with van der Waals surface area (Å²) >= 11 is 0. The van der Waals surface area contributed by atoms with E-state index in [1.807, 2.05) is 0 Å². The van der Waals surface area contributed by atoms with Crippen LogP contribution in [0.1, 0.15) is 59.3 Å². The van der Waals surface area contributed by atoms with Crippen LogP contribution in [0.15, 0.2) is 0 Å². The summed E-state index contributed by atoms with van der Waals surface area (Å²) in [5.74, 6) is 0.891. The quantitative estimate of drug-likeness (QED) is 0.816. The molecule has 1 saturated carbocycles. The Balaban J connectivity index is 1.94. The van der Waals surface area contributed by atoms with Crippen LogP contribution in [0.2, 0.25) is 0 Å². The largest absolute Gasteiger partial charge is 0.329 e. The zero-order valence-electron chi connectivity index (χ0n) is 12.0. The second kappa shape index (κ2) is 4.89. The summed E-state index contributed by atoms with van der Waals surface area (Å²) in [7, 11) is 0. The standard InChI is InChI=1S/C15H30N2/c1-4-14(5-2)6-8-17(9-7-14)15(12-16)10-13(3)11-15/h13H,4-12,16H2,1-3H3. The van der Waals surface area contributed by atoms with Gasteiger partial charge >= 0.3 is 0 Å². The number of nitrogens with zero attached hydrogens (tertiary/aromatic N) is 1. The van der Waals surface area contributed by atoms with Gasteiger partial charge in [0.1, 0.15) is 0 Å². The van der Waals surface area contributed by atoms with Crippen LogP contribution < -0.4 is 5.73 Å². The third kappa shape index (κ3) is 2.26. The topological polar surface area (TPSA) is 29.3 Å². The molecule has 2 N–H and O–H groups in total. The lowest BCUT2D eigenvalue weighted by molar-refractivity contribution is -0.0502. The van der Waals surface area contributed by atoms with Gasteiger partial charge in [0.25, 0.3) is 0 Å². The first-order chi connectivity index (χ1) is 8.10. The predicted molar refractivity (Wildman–Crippen MR) is 74.0 cm³/mol. The molecule has 0 bridgehead atoms. The molecule has 0 spiro atoms. The van der Waals surface area contributed by atoms with Crippen molar-refractivity contribution >= 4 is 0 Å². The molecule has 17 heavy (non-hydrogen) atoms. The molecule has 2 heteroatoms. The summed E-state index contributed by atoms with van der Waals surface area (Å²) < 4.78 is 0. The maximum Gasteiger partial charge on any atom is 0.0336 e. The molecule has 1 heterocycles. The van der Waals surface area contributed by atoms with Gasteiger partial charge in [0.05, 0.1) is 0 Å². The van der Waals surface area contributed by atoms with Crippen molar-refractivity contribution in [2.45, 2.75) is 64.8 Å². The molecule has 100 valence electrons.